The van der Waals surface area contributed by atoms with Crippen molar-refractivity contribution >= 4 is 17.5 Å². The zero-order valence-corrected chi connectivity index (χ0v) is 16.6. The van der Waals surface area contributed by atoms with Crippen LogP contribution in [-0.4, -0.2) is 30.9 Å². The summed E-state index contributed by atoms with van der Waals surface area (Å²) in [6.45, 7) is 4.01. The van der Waals surface area contributed by atoms with Crippen molar-refractivity contribution in [1.29, 1.82) is 0 Å². The molecule has 0 bridgehead atoms. The molecule has 2 aromatic carbocycles. The fourth-order valence-corrected chi connectivity index (χ4v) is 4.13. The van der Waals surface area contributed by atoms with E-state index in [2.05, 4.69) is 14.8 Å². The van der Waals surface area contributed by atoms with Crippen LogP contribution in [-0.2, 0) is 0 Å². The number of hydrogen-bond acceptors (Lipinski definition) is 4. The molecule has 0 radical (unpaired) electrons. The summed E-state index contributed by atoms with van der Waals surface area (Å²) in [5, 5.41) is 8.88. The molecule has 0 amide bonds. The molecule has 0 fully saturated rings. The molecule has 4 aromatic rings. The Labute approximate surface area is 168 Å². The van der Waals surface area contributed by atoms with Crippen LogP contribution in [0.15, 0.2) is 78.2 Å². The van der Waals surface area contributed by atoms with Crippen LogP contribution >= 0.6 is 11.8 Å². The van der Waals surface area contributed by atoms with E-state index in [1.807, 2.05) is 85.1 Å². The minimum atomic E-state index is 0.0860. The number of aryl methyl sites for hydroxylation is 1. The SMILES string of the molecule is Cc1cc(C(=O)CSc2nncn2-c2ccccc2)c(C)n1-c1ccccc1. The van der Waals surface area contributed by atoms with Gasteiger partial charge in [-0.05, 0) is 44.2 Å². The Morgan fingerprint density at radius 2 is 1.61 bits per heavy atom. The fraction of sp³-hybridized carbons (Fsp3) is 0.136. The van der Waals surface area contributed by atoms with Gasteiger partial charge in [0.1, 0.15) is 6.33 Å². The van der Waals surface area contributed by atoms with E-state index in [1.54, 1.807) is 6.33 Å². The Morgan fingerprint density at radius 3 is 2.29 bits per heavy atom. The molecule has 0 saturated carbocycles. The Kier molecular flexibility index (Phi) is 5.12. The van der Waals surface area contributed by atoms with E-state index in [4.69, 9.17) is 0 Å². The average molecular weight is 388 g/mol. The number of nitrogens with zero attached hydrogens (tertiary/aromatic N) is 4. The lowest BCUT2D eigenvalue weighted by atomic mass is 10.2. The molecule has 0 N–H and O–H groups in total. The summed E-state index contributed by atoms with van der Waals surface area (Å²) < 4.78 is 4.01. The summed E-state index contributed by atoms with van der Waals surface area (Å²) in [4.78, 5) is 12.9. The molecular formula is C22H20N4OS. The molecule has 140 valence electrons. The van der Waals surface area contributed by atoms with Gasteiger partial charge in [-0.15, -0.1) is 10.2 Å². The number of hydrogen-bond donors (Lipinski definition) is 0. The van der Waals surface area contributed by atoms with Gasteiger partial charge in [-0.3, -0.25) is 9.36 Å². The van der Waals surface area contributed by atoms with E-state index in [0.717, 1.165) is 28.3 Å². The Balaban J connectivity index is 1.54. The van der Waals surface area contributed by atoms with Crippen molar-refractivity contribution in [3.8, 4) is 11.4 Å². The monoisotopic (exact) mass is 388 g/mol. The molecule has 0 atom stereocenters. The third-order valence-electron chi connectivity index (χ3n) is 4.63. The van der Waals surface area contributed by atoms with Crippen molar-refractivity contribution in [2.75, 3.05) is 5.75 Å². The number of aromatic nitrogens is 4. The maximum atomic E-state index is 12.9. The van der Waals surface area contributed by atoms with Gasteiger partial charge in [0.15, 0.2) is 10.9 Å². The molecule has 6 heteroatoms. The van der Waals surface area contributed by atoms with Gasteiger partial charge < -0.3 is 4.57 Å². The summed E-state index contributed by atoms with van der Waals surface area (Å²) in [6, 6.07) is 21.9. The fourth-order valence-electron chi connectivity index (χ4n) is 3.32. The first kappa shape index (κ1) is 18.3. The van der Waals surface area contributed by atoms with Crippen molar-refractivity contribution in [3.05, 3.63) is 90.0 Å². The topological polar surface area (TPSA) is 52.7 Å². The first-order valence-corrected chi connectivity index (χ1v) is 9.99. The number of benzene rings is 2. The number of carbonyl (C=O) groups is 1. The van der Waals surface area contributed by atoms with Crippen molar-refractivity contribution in [3.63, 3.8) is 0 Å². The van der Waals surface area contributed by atoms with Gasteiger partial charge in [-0.1, -0.05) is 48.2 Å². The van der Waals surface area contributed by atoms with E-state index in [-0.39, 0.29) is 5.78 Å². The predicted molar refractivity (Wildman–Crippen MR) is 112 cm³/mol. The Morgan fingerprint density at radius 1 is 0.964 bits per heavy atom. The summed E-state index contributed by atoms with van der Waals surface area (Å²) >= 11 is 1.40. The predicted octanol–water partition coefficient (Wildman–Crippen LogP) is 4.65. The van der Waals surface area contributed by atoms with E-state index >= 15 is 0 Å². The molecule has 0 aliphatic heterocycles. The van der Waals surface area contributed by atoms with E-state index in [9.17, 15) is 4.79 Å². The van der Waals surface area contributed by atoms with Crippen LogP contribution in [0, 0.1) is 13.8 Å². The van der Waals surface area contributed by atoms with E-state index in [1.165, 1.54) is 11.8 Å². The standard InChI is InChI=1S/C22H20N4OS/c1-16-13-20(17(2)26(16)19-11-7-4-8-12-19)21(27)14-28-22-24-23-15-25(22)18-9-5-3-6-10-18/h3-13,15H,14H2,1-2H3. The van der Waals surface area contributed by atoms with Crippen LogP contribution in [0.1, 0.15) is 21.7 Å². The Hall–Kier alpha value is -3.12. The highest BCUT2D eigenvalue weighted by Gasteiger charge is 2.18. The summed E-state index contributed by atoms with van der Waals surface area (Å²) in [6.07, 6.45) is 1.67. The second-order valence-electron chi connectivity index (χ2n) is 6.49. The molecule has 0 aliphatic rings. The summed E-state index contributed by atoms with van der Waals surface area (Å²) in [5.74, 6) is 0.396. The van der Waals surface area contributed by atoms with Crippen LogP contribution < -0.4 is 0 Å². The van der Waals surface area contributed by atoms with Crippen LogP contribution in [0.4, 0.5) is 0 Å². The highest BCUT2D eigenvalue weighted by atomic mass is 32.2. The highest BCUT2D eigenvalue weighted by molar-refractivity contribution is 7.99. The molecule has 2 aromatic heterocycles. The largest absolute Gasteiger partial charge is 0.318 e. The lowest BCUT2D eigenvalue weighted by Crippen LogP contribution is -2.06. The molecule has 0 aliphatic carbocycles. The van der Waals surface area contributed by atoms with Crippen LogP contribution in [0.5, 0.6) is 0 Å². The lowest BCUT2D eigenvalue weighted by Gasteiger charge is -2.09. The van der Waals surface area contributed by atoms with Gasteiger partial charge in [0.2, 0.25) is 0 Å². The number of thioether (sulfide) groups is 1. The van der Waals surface area contributed by atoms with Crippen LogP contribution in [0.2, 0.25) is 0 Å². The van der Waals surface area contributed by atoms with Gasteiger partial charge in [-0.2, -0.15) is 0 Å². The van der Waals surface area contributed by atoms with Gasteiger partial charge in [0.05, 0.1) is 5.75 Å². The Bertz CT molecular complexity index is 1100. The molecule has 0 spiro atoms. The van der Waals surface area contributed by atoms with Crippen LogP contribution in [0.3, 0.4) is 0 Å². The molecule has 4 rings (SSSR count). The highest BCUT2D eigenvalue weighted by Crippen LogP contribution is 2.24. The van der Waals surface area contributed by atoms with Crippen molar-refractivity contribution in [2.45, 2.75) is 19.0 Å². The van der Waals surface area contributed by atoms with Crippen molar-refractivity contribution in [2.24, 2.45) is 0 Å². The van der Waals surface area contributed by atoms with Gasteiger partial charge in [0, 0.05) is 28.3 Å². The lowest BCUT2D eigenvalue weighted by molar-refractivity contribution is 0.102. The molecule has 28 heavy (non-hydrogen) atoms. The third-order valence-corrected chi connectivity index (χ3v) is 5.57. The minimum Gasteiger partial charge on any atom is -0.318 e. The molecule has 0 saturated heterocycles. The van der Waals surface area contributed by atoms with E-state index < -0.39 is 0 Å². The number of ketones is 1. The van der Waals surface area contributed by atoms with Gasteiger partial charge in [0.25, 0.3) is 0 Å². The molecule has 2 heterocycles. The number of carbonyl (C=O) groups excluding carboxylic acids is 1. The van der Waals surface area contributed by atoms with Gasteiger partial charge >= 0.3 is 0 Å². The third kappa shape index (κ3) is 3.51. The average Bonchev–Trinajstić information content (AvgIpc) is 3.31. The van der Waals surface area contributed by atoms with E-state index in [0.29, 0.717) is 10.9 Å². The second-order valence-corrected chi connectivity index (χ2v) is 7.43. The maximum absolute atomic E-state index is 12.9. The second kappa shape index (κ2) is 7.86. The normalized spacial score (nSPS) is 10.9. The minimum absolute atomic E-state index is 0.0860. The zero-order chi connectivity index (χ0) is 19.5. The molecule has 5 nitrogen and oxygen atoms in total. The van der Waals surface area contributed by atoms with Crippen LogP contribution in [0.25, 0.3) is 11.4 Å². The number of para-hydroxylation sites is 2. The number of rotatable bonds is 6. The summed E-state index contributed by atoms with van der Waals surface area (Å²) in [7, 11) is 0. The molecule has 0 unspecified atom stereocenters. The summed E-state index contributed by atoms with van der Waals surface area (Å²) in [5.41, 5.74) is 4.79. The smallest absolute Gasteiger partial charge is 0.196 e. The first-order valence-electron chi connectivity index (χ1n) is 9.01. The zero-order valence-electron chi connectivity index (χ0n) is 15.7. The van der Waals surface area contributed by atoms with Gasteiger partial charge in [-0.25, -0.2) is 0 Å². The van der Waals surface area contributed by atoms with Crippen molar-refractivity contribution < 1.29 is 4.79 Å². The maximum Gasteiger partial charge on any atom is 0.196 e. The first-order chi connectivity index (χ1) is 13.6. The van der Waals surface area contributed by atoms with Crippen molar-refractivity contribution in [1.82, 2.24) is 19.3 Å². The number of Topliss-reactive ketones (excluding diaryl/α,β-unsaturated/α-hetero) is 1. The quantitative estimate of drug-likeness (QED) is 0.356. The molecular weight excluding hydrogens is 368 g/mol.